The molecular formula is C26H35BrN2O6. The molecule has 1 aromatic rings. The summed E-state index contributed by atoms with van der Waals surface area (Å²) in [6.07, 6.45) is 1.96. The van der Waals surface area contributed by atoms with Crippen LogP contribution in [0.15, 0.2) is 30.3 Å². The average Bonchev–Trinajstić information content (AvgIpc) is 3.42. The van der Waals surface area contributed by atoms with Crippen LogP contribution in [0, 0.1) is 11.8 Å². The van der Waals surface area contributed by atoms with Crippen LogP contribution in [-0.4, -0.2) is 75.7 Å². The summed E-state index contributed by atoms with van der Waals surface area (Å²) in [6.45, 7) is 5.59. The minimum Gasteiger partial charge on any atom is -0.466 e. The fraction of sp³-hybridized carbons (Fsp3) is 0.654. The lowest BCUT2D eigenvalue weighted by Gasteiger charge is -2.37. The Kier molecular flexibility index (Phi) is 7.88. The highest BCUT2D eigenvalue weighted by atomic mass is 79.9. The molecule has 3 saturated heterocycles. The Morgan fingerprint density at radius 1 is 1.31 bits per heavy atom. The number of alkyl halides is 1. The molecule has 3 fully saturated rings. The van der Waals surface area contributed by atoms with Crippen LogP contribution in [0.3, 0.4) is 0 Å². The fourth-order valence-corrected chi connectivity index (χ4v) is 7.17. The lowest BCUT2D eigenvalue weighted by Crippen LogP contribution is -2.59. The van der Waals surface area contributed by atoms with Crippen LogP contribution < -0.4 is 5.32 Å². The molecule has 3 aliphatic heterocycles. The summed E-state index contributed by atoms with van der Waals surface area (Å²) in [7, 11) is 0. The standard InChI is InChI=1S/C26H35BrN2O6/c1-4-9-15(3)28-23(31)22-26-13-18(27)21(35-26)19(25(33)34-5-2)20(26)24(32)29(22)17(14-30)12-16-10-7-6-8-11-16/h6-8,10-11,15,17-22,30H,4-5,9,12-14H2,1-3H3,(H,28,31)/t15?,17-,18?,19+,20-,21+,22+,26-/m1/s1. The van der Waals surface area contributed by atoms with E-state index in [-0.39, 0.29) is 35.9 Å². The van der Waals surface area contributed by atoms with Crippen molar-refractivity contribution in [2.45, 2.75) is 81.1 Å². The molecule has 8 nitrogen and oxygen atoms in total. The maximum absolute atomic E-state index is 14.0. The van der Waals surface area contributed by atoms with Gasteiger partial charge in [0.2, 0.25) is 11.8 Å². The van der Waals surface area contributed by atoms with Crippen molar-refractivity contribution in [3.63, 3.8) is 0 Å². The molecule has 0 radical (unpaired) electrons. The van der Waals surface area contributed by atoms with Gasteiger partial charge in [-0.15, -0.1) is 0 Å². The number of hydrogen-bond donors (Lipinski definition) is 2. The second-order valence-corrected chi connectivity index (χ2v) is 11.1. The second-order valence-electron chi connectivity index (χ2n) is 9.89. The van der Waals surface area contributed by atoms with Crippen molar-refractivity contribution in [3.8, 4) is 0 Å². The van der Waals surface area contributed by atoms with E-state index in [9.17, 15) is 19.5 Å². The highest BCUT2D eigenvalue weighted by molar-refractivity contribution is 9.09. The van der Waals surface area contributed by atoms with Gasteiger partial charge in [-0.3, -0.25) is 14.4 Å². The summed E-state index contributed by atoms with van der Waals surface area (Å²) in [6, 6.07) is 7.89. The average molecular weight is 551 g/mol. The molecule has 3 aliphatic rings. The molecule has 192 valence electrons. The van der Waals surface area contributed by atoms with Crippen molar-refractivity contribution >= 4 is 33.7 Å². The van der Waals surface area contributed by atoms with Crippen molar-refractivity contribution < 1.29 is 29.0 Å². The number of aliphatic hydroxyl groups is 1. The van der Waals surface area contributed by atoms with E-state index >= 15 is 0 Å². The van der Waals surface area contributed by atoms with Crippen LogP contribution in [0.4, 0.5) is 0 Å². The molecule has 2 N–H and O–H groups in total. The number of amides is 2. The summed E-state index contributed by atoms with van der Waals surface area (Å²) >= 11 is 3.64. The Bertz CT molecular complexity index is 945. The third-order valence-electron chi connectivity index (χ3n) is 7.56. The van der Waals surface area contributed by atoms with E-state index in [1.54, 1.807) is 6.92 Å². The van der Waals surface area contributed by atoms with E-state index in [4.69, 9.17) is 9.47 Å². The molecule has 0 aromatic heterocycles. The van der Waals surface area contributed by atoms with E-state index in [2.05, 4.69) is 21.2 Å². The number of fused-ring (bicyclic) bond motifs is 1. The minimum atomic E-state index is -1.16. The Balaban J connectivity index is 1.75. The number of carbonyl (C=O) groups is 3. The summed E-state index contributed by atoms with van der Waals surface area (Å²) in [5, 5.41) is 13.5. The smallest absolute Gasteiger partial charge is 0.312 e. The van der Waals surface area contributed by atoms with Gasteiger partial charge in [0.25, 0.3) is 0 Å². The van der Waals surface area contributed by atoms with Gasteiger partial charge in [-0.05, 0) is 38.7 Å². The van der Waals surface area contributed by atoms with Gasteiger partial charge in [0, 0.05) is 10.9 Å². The third-order valence-corrected chi connectivity index (χ3v) is 8.41. The quantitative estimate of drug-likeness (QED) is 0.342. The molecule has 0 saturated carbocycles. The number of hydrogen-bond acceptors (Lipinski definition) is 6. The molecular weight excluding hydrogens is 516 g/mol. The van der Waals surface area contributed by atoms with Crippen LogP contribution in [-0.2, 0) is 30.3 Å². The van der Waals surface area contributed by atoms with Gasteiger partial charge in [0.15, 0.2) is 0 Å². The normalized spacial score (nSPS) is 32.9. The fourth-order valence-electron chi connectivity index (χ4n) is 6.23. The van der Waals surface area contributed by atoms with Crippen molar-refractivity contribution in [2.24, 2.45) is 11.8 Å². The van der Waals surface area contributed by atoms with E-state index in [0.29, 0.717) is 12.8 Å². The van der Waals surface area contributed by atoms with Gasteiger partial charge in [-0.1, -0.05) is 59.6 Å². The second kappa shape index (κ2) is 10.6. The van der Waals surface area contributed by atoms with Crippen molar-refractivity contribution in [3.05, 3.63) is 35.9 Å². The summed E-state index contributed by atoms with van der Waals surface area (Å²) in [5.41, 5.74) is -0.217. The topological polar surface area (TPSA) is 105 Å². The Morgan fingerprint density at radius 2 is 2.03 bits per heavy atom. The Morgan fingerprint density at radius 3 is 2.66 bits per heavy atom. The summed E-state index contributed by atoms with van der Waals surface area (Å²) in [5.74, 6) is -2.75. The first-order valence-electron chi connectivity index (χ1n) is 12.5. The van der Waals surface area contributed by atoms with E-state index in [0.717, 1.165) is 18.4 Å². The van der Waals surface area contributed by atoms with E-state index in [1.807, 2.05) is 44.2 Å². The SMILES string of the molecule is CCCC(C)NC(=O)[C@@H]1N([C@@H](CO)Cc2ccccc2)C(=O)[C@H]2[C@H](C(=O)OCC)[C@H]3O[C@@]12CC3Br. The predicted molar refractivity (Wildman–Crippen MR) is 133 cm³/mol. The van der Waals surface area contributed by atoms with Crippen molar-refractivity contribution in [2.75, 3.05) is 13.2 Å². The van der Waals surface area contributed by atoms with Crippen LogP contribution in [0.1, 0.15) is 45.6 Å². The number of esters is 1. The number of benzene rings is 1. The van der Waals surface area contributed by atoms with Gasteiger partial charge in [-0.2, -0.15) is 0 Å². The number of nitrogens with one attached hydrogen (secondary N) is 1. The molecule has 9 heteroatoms. The van der Waals surface area contributed by atoms with Gasteiger partial charge in [0.05, 0.1) is 37.2 Å². The Labute approximate surface area is 214 Å². The first kappa shape index (κ1) is 26.1. The zero-order valence-corrected chi connectivity index (χ0v) is 22.1. The molecule has 1 aromatic carbocycles. The number of nitrogens with zero attached hydrogens (tertiary/aromatic N) is 1. The maximum atomic E-state index is 14.0. The number of likely N-dealkylation sites (tertiary alicyclic amines) is 1. The van der Waals surface area contributed by atoms with Gasteiger partial charge >= 0.3 is 5.97 Å². The molecule has 1 spiro atoms. The minimum absolute atomic E-state index is 0.0826. The lowest BCUT2D eigenvalue weighted by atomic mass is 9.70. The number of halogens is 1. The number of rotatable bonds is 10. The molecule has 8 atom stereocenters. The summed E-state index contributed by atoms with van der Waals surface area (Å²) in [4.78, 5) is 42.2. The number of carbonyl (C=O) groups excluding carboxylic acids is 3. The molecule has 3 heterocycles. The van der Waals surface area contributed by atoms with Crippen molar-refractivity contribution in [1.82, 2.24) is 10.2 Å². The molecule has 35 heavy (non-hydrogen) atoms. The number of ether oxygens (including phenoxy) is 2. The van der Waals surface area contributed by atoms with Crippen LogP contribution in [0.2, 0.25) is 0 Å². The van der Waals surface area contributed by atoms with Gasteiger partial charge in [0.1, 0.15) is 11.6 Å². The highest BCUT2D eigenvalue weighted by Gasteiger charge is 2.77. The van der Waals surface area contributed by atoms with Gasteiger partial charge < -0.3 is 24.8 Å². The first-order valence-corrected chi connectivity index (χ1v) is 13.5. The third kappa shape index (κ3) is 4.51. The molecule has 2 amide bonds. The van der Waals surface area contributed by atoms with Gasteiger partial charge in [-0.25, -0.2) is 0 Å². The molecule has 2 unspecified atom stereocenters. The highest BCUT2D eigenvalue weighted by Crippen LogP contribution is 2.60. The molecule has 0 aliphatic carbocycles. The number of aliphatic hydroxyl groups excluding tert-OH is 1. The molecule has 2 bridgehead atoms. The zero-order valence-electron chi connectivity index (χ0n) is 20.5. The maximum Gasteiger partial charge on any atom is 0.312 e. The summed E-state index contributed by atoms with van der Waals surface area (Å²) < 4.78 is 11.8. The van der Waals surface area contributed by atoms with Crippen LogP contribution >= 0.6 is 15.9 Å². The monoisotopic (exact) mass is 550 g/mol. The van der Waals surface area contributed by atoms with E-state index < -0.39 is 41.6 Å². The van der Waals surface area contributed by atoms with Crippen LogP contribution in [0.25, 0.3) is 0 Å². The zero-order chi connectivity index (χ0) is 25.3. The van der Waals surface area contributed by atoms with Crippen molar-refractivity contribution in [1.29, 1.82) is 0 Å². The Hall–Kier alpha value is -1.97. The largest absolute Gasteiger partial charge is 0.466 e. The lowest BCUT2D eigenvalue weighted by molar-refractivity contribution is -0.155. The van der Waals surface area contributed by atoms with E-state index in [1.165, 1.54) is 4.90 Å². The predicted octanol–water partition coefficient (Wildman–Crippen LogP) is 2.21. The molecule has 4 rings (SSSR count). The first-order chi connectivity index (χ1) is 16.8. The van der Waals surface area contributed by atoms with Crippen LogP contribution in [0.5, 0.6) is 0 Å².